The molecule has 1 unspecified atom stereocenters. The van der Waals surface area contributed by atoms with Crippen LogP contribution in [0.15, 0.2) is 22.7 Å². The van der Waals surface area contributed by atoms with Gasteiger partial charge in [-0.3, -0.25) is 14.5 Å². The number of carbonyl (C=O) groups is 2. The molecule has 4 rings (SSSR count). The Bertz CT molecular complexity index is 956. The van der Waals surface area contributed by atoms with Crippen molar-refractivity contribution in [1.82, 2.24) is 19.9 Å². The first-order chi connectivity index (χ1) is 15.6. The van der Waals surface area contributed by atoms with E-state index in [1.54, 1.807) is 23.1 Å². The summed E-state index contributed by atoms with van der Waals surface area (Å²) < 4.78 is 16.6. The smallest absolute Gasteiger partial charge is 0.264 e. The number of aromatic nitrogens is 2. The van der Waals surface area contributed by atoms with Gasteiger partial charge in [-0.05, 0) is 18.6 Å². The van der Waals surface area contributed by atoms with Crippen molar-refractivity contribution in [2.24, 2.45) is 5.73 Å². The van der Waals surface area contributed by atoms with E-state index in [9.17, 15) is 9.59 Å². The molecule has 1 saturated heterocycles. The highest BCUT2D eigenvalue weighted by atomic mass is 16.5. The average molecular weight is 444 g/mol. The molecular weight excluding hydrogens is 414 g/mol. The second-order valence-electron chi connectivity index (χ2n) is 8.06. The van der Waals surface area contributed by atoms with Crippen LogP contribution < -0.4 is 10.5 Å². The van der Waals surface area contributed by atoms with E-state index in [4.69, 9.17) is 19.7 Å². The van der Waals surface area contributed by atoms with Gasteiger partial charge in [0, 0.05) is 24.2 Å². The van der Waals surface area contributed by atoms with Gasteiger partial charge in [0.25, 0.3) is 11.8 Å². The topological polar surface area (TPSA) is 124 Å². The number of unbranched alkanes of at least 4 members (excludes halogenated alkanes) is 1. The maximum atomic E-state index is 12.9. The van der Waals surface area contributed by atoms with E-state index in [1.807, 2.05) is 6.92 Å². The fourth-order valence-electron chi connectivity index (χ4n) is 4.07. The second kappa shape index (κ2) is 10.1. The van der Waals surface area contributed by atoms with Gasteiger partial charge >= 0.3 is 0 Å². The molecule has 0 saturated carbocycles. The van der Waals surface area contributed by atoms with Crippen LogP contribution in [-0.2, 0) is 29.2 Å². The number of carbonyl (C=O) groups excluding carboxylic acids is 2. The van der Waals surface area contributed by atoms with Crippen molar-refractivity contribution in [3.63, 3.8) is 0 Å². The molecule has 2 aliphatic rings. The first-order valence-corrected chi connectivity index (χ1v) is 11.0. The first-order valence-electron chi connectivity index (χ1n) is 11.0. The van der Waals surface area contributed by atoms with Gasteiger partial charge in [0.15, 0.2) is 12.4 Å². The molecule has 1 atom stereocenters. The number of hydrogen-bond acceptors (Lipinski definition) is 8. The zero-order valence-electron chi connectivity index (χ0n) is 18.3. The van der Waals surface area contributed by atoms with Crippen LogP contribution in [-0.4, -0.2) is 64.1 Å². The number of morpholine rings is 1. The number of rotatable bonds is 10. The third-order valence-electron chi connectivity index (χ3n) is 5.82. The van der Waals surface area contributed by atoms with Crippen LogP contribution in [0.4, 0.5) is 0 Å². The average Bonchev–Trinajstić information content (AvgIpc) is 3.38. The van der Waals surface area contributed by atoms with Crippen molar-refractivity contribution in [3.8, 4) is 5.75 Å². The summed E-state index contributed by atoms with van der Waals surface area (Å²) in [7, 11) is 0. The highest BCUT2D eigenvalue weighted by Gasteiger charge is 2.36. The lowest BCUT2D eigenvalue weighted by atomic mass is 10.1. The Morgan fingerprint density at radius 2 is 2.12 bits per heavy atom. The van der Waals surface area contributed by atoms with Crippen LogP contribution in [0.1, 0.15) is 53.8 Å². The Hall–Kier alpha value is -2.98. The molecule has 2 aromatic rings. The lowest BCUT2D eigenvalue weighted by molar-refractivity contribution is -0.122. The van der Waals surface area contributed by atoms with Crippen molar-refractivity contribution < 1.29 is 23.6 Å². The van der Waals surface area contributed by atoms with Gasteiger partial charge in [-0.25, -0.2) is 0 Å². The molecular formula is C22H29N5O5. The largest absolute Gasteiger partial charge is 0.483 e. The molecule has 2 N–H and O–H groups in total. The Morgan fingerprint density at radius 1 is 1.31 bits per heavy atom. The van der Waals surface area contributed by atoms with E-state index >= 15 is 0 Å². The number of nitrogens with two attached hydrogens (primary N) is 1. The molecule has 1 aromatic heterocycles. The Morgan fingerprint density at radius 3 is 2.88 bits per heavy atom. The first kappa shape index (κ1) is 22.2. The van der Waals surface area contributed by atoms with Crippen LogP contribution in [0.25, 0.3) is 0 Å². The number of amides is 2. The molecule has 0 radical (unpaired) electrons. The lowest BCUT2D eigenvalue weighted by Crippen LogP contribution is -2.44. The molecule has 0 spiro atoms. The summed E-state index contributed by atoms with van der Waals surface area (Å²) in [6.07, 6.45) is 2.29. The van der Waals surface area contributed by atoms with Gasteiger partial charge in [0.05, 0.1) is 26.3 Å². The molecule has 1 fully saturated rings. The summed E-state index contributed by atoms with van der Waals surface area (Å²) in [6.45, 7) is 6.11. The molecule has 1 aromatic carbocycles. The quantitative estimate of drug-likeness (QED) is 0.586. The van der Waals surface area contributed by atoms with E-state index in [0.717, 1.165) is 31.5 Å². The van der Waals surface area contributed by atoms with E-state index in [-0.39, 0.29) is 19.1 Å². The van der Waals surface area contributed by atoms with Crippen LogP contribution in [0.3, 0.4) is 0 Å². The fraction of sp³-hybridized carbons (Fsp3) is 0.545. The van der Waals surface area contributed by atoms with E-state index in [2.05, 4.69) is 15.0 Å². The van der Waals surface area contributed by atoms with Crippen molar-refractivity contribution in [2.75, 3.05) is 26.3 Å². The molecule has 2 aliphatic heterocycles. The molecule has 172 valence electrons. The fourth-order valence-corrected chi connectivity index (χ4v) is 4.07. The number of benzene rings is 1. The monoisotopic (exact) mass is 443 g/mol. The number of hydrogen-bond donors (Lipinski definition) is 1. The third kappa shape index (κ3) is 4.91. The summed E-state index contributed by atoms with van der Waals surface area (Å²) in [5.41, 5.74) is 6.87. The number of ether oxygens (including phenoxy) is 2. The predicted molar refractivity (Wildman–Crippen MR) is 114 cm³/mol. The zero-order valence-corrected chi connectivity index (χ0v) is 18.3. The summed E-state index contributed by atoms with van der Waals surface area (Å²) in [6, 6.07) is 4.68. The van der Waals surface area contributed by atoms with E-state index < -0.39 is 11.9 Å². The van der Waals surface area contributed by atoms with Crippen molar-refractivity contribution in [3.05, 3.63) is 41.0 Å². The highest BCUT2D eigenvalue weighted by molar-refractivity contribution is 6.01. The minimum absolute atomic E-state index is 0.0931. The van der Waals surface area contributed by atoms with Gasteiger partial charge in [0.2, 0.25) is 5.91 Å². The standard InChI is InChI=1S/C22H29N5O5/c1-2-3-6-17(21(23)28)27-12-16-15(22(27)29)5-4-7-18(16)31-14-20-24-19(25-32-20)13-26-8-10-30-11-9-26/h4-5,7,17H,2-3,6,8-14H2,1H3,(H2,23,28). The SMILES string of the molecule is CCCCC(C(N)=O)N1Cc2c(OCc3nc(CN4CCOCC4)no3)cccc2C1=O. The summed E-state index contributed by atoms with van der Waals surface area (Å²) in [5.74, 6) is 0.844. The summed E-state index contributed by atoms with van der Waals surface area (Å²) >= 11 is 0. The third-order valence-corrected chi connectivity index (χ3v) is 5.82. The van der Waals surface area contributed by atoms with Gasteiger partial charge in [-0.15, -0.1) is 0 Å². The molecule has 0 aliphatic carbocycles. The Balaban J connectivity index is 1.41. The van der Waals surface area contributed by atoms with Crippen molar-refractivity contribution >= 4 is 11.8 Å². The van der Waals surface area contributed by atoms with E-state index in [1.165, 1.54) is 0 Å². The zero-order chi connectivity index (χ0) is 22.5. The molecule has 0 bridgehead atoms. The van der Waals surface area contributed by atoms with Crippen LogP contribution in [0, 0.1) is 0 Å². The van der Waals surface area contributed by atoms with Crippen LogP contribution >= 0.6 is 0 Å². The lowest BCUT2D eigenvalue weighted by Gasteiger charge is -2.25. The van der Waals surface area contributed by atoms with Gasteiger partial charge in [-0.1, -0.05) is 31.0 Å². The van der Waals surface area contributed by atoms with Gasteiger partial charge in [0.1, 0.15) is 11.8 Å². The molecule has 10 heteroatoms. The number of fused-ring (bicyclic) bond motifs is 1. The van der Waals surface area contributed by atoms with E-state index in [0.29, 0.717) is 49.2 Å². The normalized spacial score (nSPS) is 17.4. The summed E-state index contributed by atoms with van der Waals surface area (Å²) in [5, 5.41) is 4.03. The molecule has 10 nitrogen and oxygen atoms in total. The minimum atomic E-state index is -0.624. The van der Waals surface area contributed by atoms with Crippen molar-refractivity contribution in [2.45, 2.75) is 51.9 Å². The van der Waals surface area contributed by atoms with Crippen LogP contribution in [0.2, 0.25) is 0 Å². The van der Waals surface area contributed by atoms with Crippen LogP contribution in [0.5, 0.6) is 5.75 Å². The molecule has 32 heavy (non-hydrogen) atoms. The van der Waals surface area contributed by atoms with Gasteiger partial charge < -0.3 is 24.6 Å². The maximum absolute atomic E-state index is 12.9. The molecule has 2 amide bonds. The van der Waals surface area contributed by atoms with Gasteiger partial charge in [-0.2, -0.15) is 4.98 Å². The summed E-state index contributed by atoms with van der Waals surface area (Å²) in [4.78, 5) is 33.1. The predicted octanol–water partition coefficient (Wildman–Crippen LogP) is 1.48. The second-order valence-corrected chi connectivity index (χ2v) is 8.06. The minimum Gasteiger partial charge on any atom is -0.483 e. The van der Waals surface area contributed by atoms with Crippen molar-refractivity contribution in [1.29, 1.82) is 0 Å². The maximum Gasteiger partial charge on any atom is 0.264 e. The molecule has 3 heterocycles. The highest BCUT2D eigenvalue weighted by Crippen LogP contribution is 2.33. The Kier molecular flexibility index (Phi) is 7.01. The Labute approximate surface area is 186 Å². The number of primary amides is 1. The number of nitrogens with zero attached hydrogens (tertiary/aromatic N) is 4.